The van der Waals surface area contributed by atoms with E-state index >= 15 is 0 Å². The first-order valence-corrected chi connectivity index (χ1v) is 5.73. The molecule has 0 N–H and O–H groups in total. The monoisotopic (exact) mass is 202 g/mol. The van der Waals surface area contributed by atoms with Gasteiger partial charge in [0.15, 0.2) is 0 Å². The zero-order valence-electron chi connectivity index (χ0n) is 7.43. The van der Waals surface area contributed by atoms with Crippen molar-refractivity contribution in [1.29, 1.82) is 0 Å². The van der Waals surface area contributed by atoms with Gasteiger partial charge in [-0.05, 0) is 12.5 Å². The average Bonchev–Trinajstić information content (AvgIpc) is 2.63. The quantitative estimate of drug-likeness (QED) is 0.560. The molecule has 0 amide bonds. The van der Waals surface area contributed by atoms with Crippen molar-refractivity contribution < 1.29 is 0 Å². The highest BCUT2D eigenvalue weighted by atomic mass is 32.2. The van der Waals surface area contributed by atoms with Crippen molar-refractivity contribution in [1.82, 2.24) is 4.31 Å². The van der Waals surface area contributed by atoms with Crippen LogP contribution in [-0.2, 0) is 0 Å². The highest BCUT2D eigenvalue weighted by molar-refractivity contribution is 8.12. The minimum absolute atomic E-state index is 0.741. The van der Waals surface area contributed by atoms with Gasteiger partial charge in [0.25, 0.3) is 0 Å². The summed E-state index contributed by atoms with van der Waals surface area (Å²) in [6.07, 6.45) is 2.14. The molecular weight excluding hydrogens is 188 g/mol. The van der Waals surface area contributed by atoms with Gasteiger partial charge in [-0.25, -0.2) is 4.31 Å². The zero-order chi connectivity index (χ0) is 8.81. The SMILES string of the molecule is CC1CN=CS1.CN1CC=CS1. The number of likely N-dealkylation sites (N-methyl/N-ethyl adjacent to an activating group) is 1. The van der Waals surface area contributed by atoms with Crippen molar-refractivity contribution in [3.63, 3.8) is 0 Å². The van der Waals surface area contributed by atoms with Crippen molar-refractivity contribution >= 4 is 29.3 Å². The molecule has 2 nitrogen and oxygen atoms in total. The Balaban J connectivity index is 0.000000120. The number of hydrogen-bond donors (Lipinski definition) is 0. The van der Waals surface area contributed by atoms with Crippen LogP contribution in [0.15, 0.2) is 16.5 Å². The molecule has 12 heavy (non-hydrogen) atoms. The van der Waals surface area contributed by atoms with Crippen molar-refractivity contribution in [2.45, 2.75) is 12.2 Å². The first-order chi connectivity index (χ1) is 5.79. The number of hydrogen-bond acceptors (Lipinski definition) is 4. The highest BCUT2D eigenvalue weighted by Crippen LogP contribution is 2.13. The predicted octanol–water partition coefficient (Wildman–Crippen LogP) is 2.24. The molecule has 0 spiro atoms. The van der Waals surface area contributed by atoms with Crippen LogP contribution < -0.4 is 0 Å². The molecule has 0 fully saturated rings. The van der Waals surface area contributed by atoms with E-state index in [1.54, 1.807) is 23.7 Å². The van der Waals surface area contributed by atoms with E-state index in [9.17, 15) is 0 Å². The average molecular weight is 202 g/mol. The summed E-state index contributed by atoms with van der Waals surface area (Å²) in [5.74, 6) is 0. The highest BCUT2D eigenvalue weighted by Gasteiger charge is 2.02. The summed E-state index contributed by atoms with van der Waals surface area (Å²) in [7, 11) is 2.07. The second kappa shape index (κ2) is 5.67. The molecule has 0 saturated carbocycles. The third-order valence-electron chi connectivity index (χ3n) is 1.43. The van der Waals surface area contributed by atoms with Gasteiger partial charge in [-0.2, -0.15) is 0 Å². The van der Waals surface area contributed by atoms with Gasteiger partial charge in [-0.3, -0.25) is 4.99 Å². The minimum atomic E-state index is 0.741. The van der Waals surface area contributed by atoms with Crippen LogP contribution in [0.5, 0.6) is 0 Å². The Morgan fingerprint density at radius 2 is 2.42 bits per heavy atom. The Kier molecular flexibility index (Phi) is 4.80. The van der Waals surface area contributed by atoms with Gasteiger partial charge < -0.3 is 0 Å². The first-order valence-electron chi connectivity index (χ1n) is 3.95. The maximum atomic E-state index is 4.00. The number of nitrogens with zero attached hydrogens (tertiary/aromatic N) is 2. The van der Waals surface area contributed by atoms with E-state index in [0.29, 0.717) is 0 Å². The molecule has 0 aromatic heterocycles. The molecule has 0 radical (unpaired) electrons. The van der Waals surface area contributed by atoms with E-state index in [0.717, 1.165) is 18.3 Å². The Morgan fingerprint density at radius 1 is 1.58 bits per heavy atom. The fourth-order valence-corrected chi connectivity index (χ4v) is 1.87. The molecule has 0 aliphatic carbocycles. The Hall–Kier alpha value is 0.0700. The smallest absolute Gasteiger partial charge is 0.0544 e. The second-order valence-electron chi connectivity index (χ2n) is 2.70. The van der Waals surface area contributed by atoms with E-state index in [4.69, 9.17) is 0 Å². The molecule has 0 saturated heterocycles. The van der Waals surface area contributed by atoms with E-state index in [1.807, 2.05) is 5.55 Å². The maximum Gasteiger partial charge on any atom is 0.0544 e. The lowest BCUT2D eigenvalue weighted by molar-refractivity contribution is 0.650. The summed E-state index contributed by atoms with van der Waals surface area (Å²) >= 11 is 3.56. The van der Waals surface area contributed by atoms with Crippen LogP contribution in [0.25, 0.3) is 0 Å². The van der Waals surface area contributed by atoms with Gasteiger partial charge in [0.1, 0.15) is 0 Å². The minimum Gasteiger partial charge on any atom is -0.285 e. The summed E-state index contributed by atoms with van der Waals surface area (Å²) in [5.41, 5.74) is 1.92. The topological polar surface area (TPSA) is 15.6 Å². The summed E-state index contributed by atoms with van der Waals surface area (Å²) in [4.78, 5) is 4.00. The summed E-state index contributed by atoms with van der Waals surface area (Å²) < 4.78 is 2.17. The van der Waals surface area contributed by atoms with Crippen LogP contribution in [0.4, 0.5) is 0 Å². The molecular formula is C8H14N2S2. The zero-order valence-corrected chi connectivity index (χ0v) is 9.07. The van der Waals surface area contributed by atoms with E-state index < -0.39 is 0 Å². The van der Waals surface area contributed by atoms with Crippen LogP contribution in [-0.4, -0.2) is 35.2 Å². The van der Waals surface area contributed by atoms with Gasteiger partial charge >= 0.3 is 0 Å². The summed E-state index contributed by atoms with van der Waals surface area (Å²) in [6.45, 7) is 4.30. The Bertz CT molecular complexity index is 144. The van der Waals surface area contributed by atoms with Crippen molar-refractivity contribution in [2.75, 3.05) is 20.1 Å². The normalized spacial score (nSPS) is 27.3. The summed E-state index contributed by atoms with van der Waals surface area (Å²) in [6, 6.07) is 0. The number of rotatable bonds is 0. The van der Waals surface area contributed by atoms with Crippen molar-refractivity contribution in [3.8, 4) is 0 Å². The molecule has 0 bridgehead atoms. The fraction of sp³-hybridized carbons (Fsp3) is 0.625. The lowest BCUT2D eigenvalue weighted by Crippen LogP contribution is -2.01. The molecule has 1 unspecified atom stereocenters. The fourth-order valence-electron chi connectivity index (χ4n) is 0.763. The maximum absolute atomic E-state index is 4.00. The van der Waals surface area contributed by atoms with Crippen LogP contribution >= 0.6 is 23.7 Å². The van der Waals surface area contributed by atoms with Gasteiger partial charge in [0.05, 0.1) is 12.1 Å². The molecule has 2 aliphatic rings. The van der Waals surface area contributed by atoms with Crippen molar-refractivity contribution in [2.24, 2.45) is 4.99 Å². The third kappa shape index (κ3) is 4.18. The lowest BCUT2D eigenvalue weighted by atomic mass is 10.5. The van der Waals surface area contributed by atoms with Crippen LogP contribution in [0, 0.1) is 0 Å². The molecule has 4 heteroatoms. The molecule has 2 aliphatic heterocycles. The second-order valence-corrected chi connectivity index (χ2v) is 5.10. The van der Waals surface area contributed by atoms with E-state index in [-0.39, 0.29) is 0 Å². The largest absolute Gasteiger partial charge is 0.285 e. The van der Waals surface area contributed by atoms with Crippen LogP contribution in [0.1, 0.15) is 6.92 Å². The number of thioether (sulfide) groups is 1. The molecule has 0 aromatic rings. The molecule has 1 atom stereocenters. The molecule has 0 aromatic carbocycles. The predicted molar refractivity (Wildman–Crippen MR) is 59.8 cm³/mol. The van der Waals surface area contributed by atoms with Gasteiger partial charge in [-0.15, -0.1) is 11.8 Å². The number of aliphatic imine (C=N–C) groups is 1. The van der Waals surface area contributed by atoms with Crippen molar-refractivity contribution in [3.05, 3.63) is 11.5 Å². The molecule has 68 valence electrons. The van der Waals surface area contributed by atoms with Crippen LogP contribution in [0.2, 0.25) is 0 Å². The van der Waals surface area contributed by atoms with Gasteiger partial charge in [0, 0.05) is 11.8 Å². The molecule has 2 heterocycles. The Labute approximate surface area is 82.6 Å². The lowest BCUT2D eigenvalue weighted by Gasteiger charge is -1.99. The van der Waals surface area contributed by atoms with Gasteiger partial charge in [-0.1, -0.05) is 24.9 Å². The molecule has 2 rings (SSSR count). The standard InChI is InChI=1S/2C4H7NS/c1-4-2-5-3-6-4;1-5-3-2-4-6-5/h3-4H,2H2,1H3;2,4H,3H2,1H3. The van der Waals surface area contributed by atoms with E-state index in [1.165, 1.54) is 0 Å². The van der Waals surface area contributed by atoms with E-state index in [2.05, 4.69) is 34.8 Å². The van der Waals surface area contributed by atoms with Gasteiger partial charge in [0.2, 0.25) is 0 Å². The Morgan fingerprint density at radius 3 is 2.58 bits per heavy atom. The first kappa shape index (κ1) is 10.2. The third-order valence-corrected chi connectivity index (χ3v) is 3.14. The van der Waals surface area contributed by atoms with Crippen LogP contribution in [0.3, 0.4) is 0 Å². The summed E-state index contributed by atoms with van der Waals surface area (Å²) in [5, 5.41) is 2.84.